The van der Waals surface area contributed by atoms with Gasteiger partial charge in [-0.3, -0.25) is 19.1 Å². The van der Waals surface area contributed by atoms with Crippen LogP contribution in [0.25, 0.3) is 0 Å². The number of carbonyl (C=O) groups excluding carboxylic acids is 1. The van der Waals surface area contributed by atoms with Crippen molar-refractivity contribution in [2.24, 2.45) is 0 Å². The van der Waals surface area contributed by atoms with E-state index in [2.05, 4.69) is 11.7 Å². The Morgan fingerprint density at radius 1 is 1.31 bits per heavy atom. The minimum absolute atomic E-state index is 0.349. The number of aromatic amines is 1. The molecule has 0 bridgehead atoms. The largest absolute Gasteiger partial charge is 0.485 e. The van der Waals surface area contributed by atoms with Gasteiger partial charge in [-0.25, -0.2) is 9.88 Å². The molecule has 12 nitrogen and oxygen atoms in total. The van der Waals surface area contributed by atoms with Crippen LogP contribution in [0.15, 0.2) is 64.5 Å². The van der Waals surface area contributed by atoms with E-state index in [1.807, 2.05) is 4.98 Å². The summed E-state index contributed by atoms with van der Waals surface area (Å²) in [6.07, 6.45) is -2.31. The van der Waals surface area contributed by atoms with Gasteiger partial charge in [0, 0.05) is 12.3 Å². The molecule has 1 aromatic carbocycles. The van der Waals surface area contributed by atoms with E-state index in [1.54, 1.807) is 44.2 Å². The van der Waals surface area contributed by atoms with Crippen molar-refractivity contribution in [1.82, 2.24) is 14.6 Å². The standard InChI is InChI=1S/C22H28N3O9PS/c1-13(2)32-20(28)14(3)24-35(36,34-16-8-6-5-7-9-16)31-12-17-19(27)22(30,15(4)33-17)25-11-10-18(26)23-21(25)29/h5-11,13-14,17,19,27,30H,4,12H2,1-3H3,(H,24,36)(H,23,26,29)/t14?,17-,19-,22-,35?/m1/s1. The number of nitrogens with zero attached hydrogens (tertiary/aromatic N) is 1. The maximum Gasteiger partial charge on any atom is 0.331 e. The molecule has 1 aromatic heterocycles. The highest BCUT2D eigenvalue weighted by Gasteiger charge is 2.54. The lowest BCUT2D eigenvalue weighted by Gasteiger charge is -2.29. The van der Waals surface area contributed by atoms with E-state index in [-0.39, 0.29) is 11.9 Å². The second-order valence-corrected chi connectivity index (χ2v) is 11.4. The zero-order valence-corrected chi connectivity index (χ0v) is 21.5. The topological polar surface area (TPSA) is 161 Å². The monoisotopic (exact) mass is 541 g/mol. The summed E-state index contributed by atoms with van der Waals surface area (Å²) in [6.45, 7) is 4.67. The Morgan fingerprint density at radius 3 is 2.58 bits per heavy atom. The van der Waals surface area contributed by atoms with Gasteiger partial charge >= 0.3 is 18.3 Å². The van der Waals surface area contributed by atoms with Crippen LogP contribution in [0.3, 0.4) is 0 Å². The Kier molecular flexibility index (Phi) is 8.55. The summed E-state index contributed by atoms with van der Waals surface area (Å²) < 4.78 is 23.1. The predicted octanol–water partition coefficient (Wildman–Crippen LogP) is 0.705. The van der Waals surface area contributed by atoms with E-state index in [9.17, 15) is 24.6 Å². The Balaban J connectivity index is 1.81. The number of esters is 1. The molecular weight excluding hydrogens is 513 g/mol. The number of hydrogen-bond donors (Lipinski definition) is 4. The van der Waals surface area contributed by atoms with Crippen LogP contribution in [-0.4, -0.2) is 56.7 Å². The van der Waals surface area contributed by atoms with Gasteiger partial charge in [0.25, 0.3) is 5.56 Å². The van der Waals surface area contributed by atoms with E-state index >= 15 is 0 Å². The lowest BCUT2D eigenvalue weighted by Crippen LogP contribution is -2.51. The predicted molar refractivity (Wildman–Crippen MR) is 133 cm³/mol. The fraction of sp³-hybridized carbons (Fsp3) is 0.409. The van der Waals surface area contributed by atoms with Crippen LogP contribution in [0.5, 0.6) is 5.75 Å². The molecule has 1 fully saturated rings. The molecule has 4 N–H and O–H groups in total. The third kappa shape index (κ3) is 6.12. The first kappa shape index (κ1) is 27.8. The van der Waals surface area contributed by atoms with Crippen LogP contribution in [0.2, 0.25) is 0 Å². The van der Waals surface area contributed by atoms with Crippen molar-refractivity contribution < 1.29 is 33.5 Å². The zero-order valence-electron chi connectivity index (χ0n) is 19.8. The van der Waals surface area contributed by atoms with Gasteiger partial charge in [-0.1, -0.05) is 24.8 Å². The van der Waals surface area contributed by atoms with Crippen LogP contribution in [0.4, 0.5) is 0 Å². The molecule has 0 spiro atoms. The molecule has 0 saturated carbocycles. The third-order valence-electron chi connectivity index (χ3n) is 5.09. The first-order valence-electron chi connectivity index (χ1n) is 10.9. The summed E-state index contributed by atoms with van der Waals surface area (Å²) >= 11 is 5.61. The normalized spacial score (nSPS) is 24.1. The summed E-state index contributed by atoms with van der Waals surface area (Å²) in [5, 5.41) is 24.8. The minimum atomic E-state index is -3.46. The highest BCUT2D eigenvalue weighted by Crippen LogP contribution is 2.47. The minimum Gasteiger partial charge on any atom is -0.485 e. The Labute approximate surface area is 211 Å². The van der Waals surface area contributed by atoms with Crippen LogP contribution in [0, 0.1) is 0 Å². The van der Waals surface area contributed by atoms with Crippen molar-refractivity contribution >= 4 is 24.4 Å². The number of aliphatic hydroxyl groups is 2. The molecule has 0 radical (unpaired) electrons. The Morgan fingerprint density at radius 2 is 1.97 bits per heavy atom. The number of carbonyl (C=O) groups is 1. The van der Waals surface area contributed by atoms with Gasteiger partial charge < -0.3 is 28.7 Å². The molecule has 3 rings (SSSR count). The molecule has 1 aliphatic heterocycles. The quantitative estimate of drug-likeness (QED) is 0.248. The van der Waals surface area contributed by atoms with Crippen molar-refractivity contribution in [3.8, 4) is 5.75 Å². The van der Waals surface area contributed by atoms with Crippen molar-refractivity contribution in [1.29, 1.82) is 0 Å². The average molecular weight is 542 g/mol. The summed E-state index contributed by atoms with van der Waals surface area (Å²) in [7, 11) is 0. The number of para-hydroxylation sites is 1. The number of rotatable bonds is 10. The average Bonchev–Trinajstić information content (AvgIpc) is 3.02. The van der Waals surface area contributed by atoms with Crippen molar-refractivity contribution in [2.45, 2.75) is 50.8 Å². The van der Waals surface area contributed by atoms with E-state index in [1.165, 1.54) is 6.92 Å². The van der Waals surface area contributed by atoms with Gasteiger partial charge in [-0.2, -0.15) is 0 Å². The number of H-pyrrole nitrogens is 1. The second-order valence-electron chi connectivity index (χ2n) is 8.26. The molecule has 2 unspecified atom stereocenters. The van der Waals surface area contributed by atoms with Gasteiger partial charge in [0.2, 0.25) is 5.72 Å². The van der Waals surface area contributed by atoms with E-state index in [0.29, 0.717) is 10.3 Å². The number of aromatic nitrogens is 2. The molecule has 1 aliphatic rings. The number of nitrogens with one attached hydrogen (secondary N) is 2. The van der Waals surface area contributed by atoms with Crippen LogP contribution < -0.4 is 20.9 Å². The van der Waals surface area contributed by atoms with Gasteiger partial charge in [-0.05, 0) is 44.7 Å². The molecule has 14 heteroatoms. The van der Waals surface area contributed by atoms with Crippen LogP contribution >= 0.6 is 6.64 Å². The molecule has 0 amide bonds. The fourth-order valence-electron chi connectivity index (χ4n) is 3.35. The summed E-state index contributed by atoms with van der Waals surface area (Å²) in [5.41, 5.74) is -4.05. The Hall–Kier alpha value is -2.80. The molecule has 0 aliphatic carbocycles. The van der Waals surface area contributed by atoms with Gasteiger partial charge in [-0.15, -0.1) is 0 Å². The van der Waals surface area contributed by atoms with E-state index < -0.39 is 54.4 Å². The lowest BCUT2D eigenvalue weighted by atomic mass is 10.0. The molecule has 196 valence electrons. The first-order chi connectivity index (χ1) is 16.9. The Bertz CT molecular complexity index is 1270. The van der Waals surface area contributed by atoms with Gasteiger partial charge in [0.15, 0.2) is 6.10 Å². The summed E-state index contributed by atoms with van der Waals surface area (Å²) in [4.78, 5) is 38.0. The van der Waals surface area contributed by atoms with Crippen molar-refractivity contribution in [2.75, 3.05) is 6.61 Å². The number of aliphatic hydroxyl groups excluding tert-OH is 1. The highest BCUT2D eigenvalue weighted by atomic mass is 32.5. The second kappa shape index (κ2) is 11.1. The number of hydrogen-bond acceptors (Lipinski definition) is 10. The lowest BCUT2D eigenvalue weighted by molar-refractivity contribution is -0.149. The van der Waals surface area contributed by atoms with Crippen LogP contribution in [0.1, 0.15) is 20.8 Å². The molecule has 2 aromatic rings. The summed E-state index contributed by atoms with van der Waals surface area (Å²) in [5.74, 6) is -0.556. The maximum absolute atomic E-state index is 12.3. The smallest absolute Gasteiger partial charge is 0.331 e. The van der Waals surface area contributed by atoms with E-state index in [0.717, 1.165) is 12.3 Å². The summed E-state index contributed by atoms with van der Waals surface area (Å²) in [6, 6.07) is 8.62. The van der Waals surface area contributed by atoms with E-state index in [4.69, 9.17) is 30.3 Å². The highest BCUT2D eigenvalue weighted by molar-refractivity contribution is 8.09. The molecule has 2 heterocycles. The van der Waals surface area contributed by atoms with Crippen molar-refractivity contribution in [3.05, 3.63) is 75.8 Å². The molecular formula is C22H28N3O9PS. The SMILES string of the molecule is C=C1O[C@H](COP(=S)(NC(C)C(=O)OC(C)C)Oc2ccccc2)[C@@H](O)[C@@]1(O)n1ccc(=O)[nH]c1=O. The molecule has 5 atom stereocenters. The molecule has 36 heavy (non-hydrogen) atoms. The maximum atomic E-state index is 12.3. The third-order valence-corrected chi connectivity index (χ3v) is 7.59. The zero-order chi connectivity index (χ0) is 26.7. The first-order valence-corrected chi connectivity index (χ1v) is 13.6. The fourth-order valence-corrected chi connectivity index (χ4v) is 5.77. The van der Waals surface area contributed by atoms with Crippen molar-refractivity contribution in [3.63, 3.8) is 0 Å². The van der Waals surface area contributed by atoms with Gasteiger partial charge in [0.05, 0.1) is 12.7 Å². The van der Waals surface area contributed by atoms with Gasteiger partial charge in [0.1, 0.15) is 23.7 Å². The number of ether oxygens (including phenoxy) is 2. The van der Waals surface area contributed by atoms with Crippen LogP contribution in [-0.2, 0) is 36.3 Å². The molecule has 1 saturated heterocycles. The number of benzene rings is 1.